The van der Waals surface area contributed by atoms with Crippen LogP contribution in [0.4, 0.5) is 19.0 Å². The minimum atomic E-state index is -4.42. The van der Waals surface area contributed by atoms with Crippen LogP contribution in [0.3, 0.4) is 0 Å². The molecule has 0 bridgehead atoms. The van der Waals surface area contributed by atoms with Crippen LogP contribution in [0, 0.1) is 0 Å². The van der Waals surface area contributed by atoms with Gasteiger partial charge in [0, 0.05) is 6.20 Å². The summed E-state index contributed by atoms with van der Waals surface area (Å²) in [5, 5.41) is 5.23. The van der Waals surface area contributed by atoms with Gasteiger partial charge in [-0.25, -0.2) is 9.97 Å². The van der Waals surface area contributed by atoms with E-state index >= 15 is 0 Å². The zero-order chi connectivity index (χ0) is 19.6. The van der Waals surface area contributed by atoms with Gasteiger partial charge in [-0.3, -0.25) is 5.43 Å². The predicted octanol–water partition coefficient (Wildman–Crippen LogP) is 5.17. The summed E-state index contributed by atoms with van der Waals surface area (Å²) < 4.78 is 43.1. The lowest BCUT2D eigenvalue weighted by Gasteiger charge is -2.06. The van der Waals surface area contributed by atoms with Gasteiger partial charge in [-0.2, -0.15) is 18.3 Å². The van der Waals surface area contributed by atoms with Crippen molar-refractivity contribution in [2.45, 2.75) is 16.4 Å². The van der Waals surface area contributed by atoms with Crippen LogP contribution in [0.1, 0.15) is 11.3 Å². The third-order valence-electron chi connectivity index (χ3n) is 3.63. The van der Waals surface area contributed by atoms with Gasteiger partial charge in [0.25, 0.3) is 0 Å². The summed E-state index contributed by atoms with van der Waals surface area (Å²) in [6.07, 6.45) is -2.27. The normalized spacial score (nSPS) is 12.1. The molecule has 0 fully saturated rings. The van der Waals surface area contributed by atoms with Gasteiger partial charge in [0.05, 0.1) is 22.8 Å². The first-order chi connectivity index (χ1) is 13.5. The summed E-state index contributed by atoms with van der Waals surface area (Å²) in [7, 11) is 0. The molecule has 10 heteroatoms. The number of fused-ring (bicyclic) bond motifs is 1. The maximum atomic E-state index is 12.5. The summed E-state index contributed by atoms with van der Waals surface area (Å²) in [4.78, 5) is 11.3. The van der Waals surface area contributed by atoms with Gasteiger partial charge in [-0.05, 0) is 48.2 Å². The Hall–Kier alpha value is -3.27. The Morgan fingerprint density at radius 1 is 1.11 bits per heavy atom. The number of aromatic amines is 1. The van der Waals surface area contributed by atoms with E-state index in [0.717, 1.165) is 23.3 Å². The van der Waals surface area contributed by atoms with Gasteiger partial charge in [0.15, 0.2) is 10.2 Å². The third-order valence-corrected chi connectivity index (χ3v) is 4.44. The van der Waals surface area contributed by atoms with Gasteiger partial charge in [-0.1, -0.05) is 12.1 Å². The van der Waals surface area contributed by atoms with E-state index in [-0.39, 0.29) is 5.82 Å². The van der Waals surface area contributed by atoms with Crippen LogP contribution in [0.5, 0.6) is 0 Å². The number of nitrogens with one attached hydrogen (secondary N) is 2. The number of aromatic nitrogens is 3. The number of imidazole rings is 1. The number of benzene rings is 1. The highest BCUT2D eigenvalue weighted by molar-refractivity contribution is 7.99. The molecule has 0 aliphatic rings. The smallest absolute Gasteiger partial charge is 0.417 e. The number of H-pyrrole nitrogens is 1. The second kappa shape index (κ2) is 7.39. The lowest BCUT2D eigenvalue weighted by atomic mass is 10.3. The zero-order valence-corrected chi connectivity index (χ0v) is 14.9. The topological polar surface area (TPSA) is 79.1 Å². The van der Waals surface area contributed by atoms with Gasteiger partial charge in [-0.15, -0.1) is 0 Å². The number of hydrazone groups is 1. The molecule has 3 heterocycles. The van der Waals surface area contributed by atoms with Crippen molar-refractivity contribution in [1.29, 1.82) is 0 Å². The van der Waals surface area contributed by atoms with Crippen molar-refractivity contribution < 1.29 is 17.6 Å². The number of halogens is 3. The molecule has 0 radical (unpaired) electrons. The first-order valence-corrected chi connectivity index (χ1v) is 8.84. The highest BCUT2D eigenvalue weighted by Gasteiger charge is 2.30. The number of hydrogen-bond donors (Lipinski definition) is 2. The molecule has 0 spiro atoms. The van der Waals surface area contributed by atoms with E-state index < -0.39 is 11.7 Å². The highest BCUT2D eigenvalue weighted by Crippen LogP contribution is 2.29. The fourth-order valence-corrected chi connectivity index (χ4v) is 3.09. The fraction of sp³-hybridized carbons (Fsp3) is 0.0556. The average Bonchev–Trinajstić information content (AvgIpc) is 3.28. The Kier molecular flexibility index (Phi) is 4.78. The van der Waals surface area contributed by atoms with Crippen molar-refractivity contribution in [2.75, 3.05) is 5.43 Å². The Morgan fingerprint density at radius 3 is 2.71 bits per heavy atom. The minimum Gasteiger partial charge on any atom is -0.448 e. The summed E-state index contributed by atoms with van der Waals surface area (Å²) in [5.41, 5.74) is 3.54. The molecule has 4 rings (SSSR count). The van der Waals surface area contributed by atoms with E-state index in [1.54, 1.807) is 12.1 Å². The van der Waals surface area contributed by atoms with Crippen LogP contribution in [-0.4, -0.2) is 21.2 Å². The van der Waals surface area contributed by atoms with Crippen LogP contribution < -0.4 is 5.43 Å². The average molecular weight is 403 g/mol. The summed E-state index contributed by atoms with van der Waals surface area (Å²) in [6, 6.07) is 13.3. The van der Waals surface area contributed by atoms with Crippen molar-refractivity contribution in [1.82, 2.24) is 15.0 Å². The quantitative estimate of drug-likeness (QED) is 0.355. The lowest BCUT2D eigenvalue weighted by molar-refractivity contribution is -0.137. The molecule has 0 aliphatic carbocycles. The monoisotopic (exact) mass is 403 g/mol. The molecule has 28 heavy (non-hydrogen) atoms. The molecular weight excluding hydrogens is 391 g/mol. The summed E-state index contributed by atoms with van der Waals surface area (Å²) in [5.74, 6) is 0.658. The maximum Gasteiger partial charge on any atom is 0.417 e. The third kappa shape index (κ3) is 4.17. The molecule has 142 valence electrons. The summed E-state index contributed by atoms with van der Waals surface area (Å²) in [6.45, 7) is 0. The van der Waals surface area contributed by atoms with Crippen molar-refractivity contribution in [3.63, 3.8) is 0 Å². The summed E-state index contributed by atoms with van der Waals surface area (Å²) >= 11 is 1.33. The first-order valence-electron chi connectivity index (χ1n) is 8.02. The van der Waals surface area contributed by atoms with E-state index in [9.17, 15) is 13.2 Å². The number of anilines is 1. The molecule has 1 aromatic carbocycles. The van der Waals surface area contributed by atoms with Crippen LogP contribution in [0.2, 0.25) is 0 Å². The molecule has 2 N–H and O–H groups in total. The van der Waals surface area contributed by atoms with Crippen molar-refractivity contribution in [2.24, 2.45) is 5.10 Å². The maximum absolute atomic E-state index is 12.5. The molecule has 0 atom stereocenters. The Morgan fingerprint density at radius 2 is 1.96 bits per heavy atom. The first kappa shape index (κ1) is 18.1. The standard InChI is InChI=1S/C18H12F3N5OS/c19-18(20,21)11-5-7-15(22-9-11)26-23-10-12-6-8-16(27-12)28-17-24-13-3-1-2-4-14(13)25-17/h1-10H,(H,22,26)(H,24,25)/b23-10-. The second-order valence-electron chi connectivity index (χ2n) is 5.62. The SMILES string of the molecule is FC(F)(F)c1ccc(N/N=C\c2ccc(Sc3nc4ccccc4[nH]3)o2)nc1. The Balaban J connectivity index is 1.37. The van der Waals surface area contributed by atoms with Crippen LogP contribution in [-0.2, 0) is 6.18 Å². The number of rotatable bonds is 5. The molecule has 0 unspecified atom stereocenters. The number of alkyl halides is 3. The van der Waals surface area contributed by atoms with Gasteiger partial charge >= 0.3 is 6.18 Å². The molecule has 4 aromatic rings. The minimum absolute atomic E-state index is 0.188. The molecule has 6 nitrogen and oxygen atoms in total. The Bertz CT molecular complexity index is 1090. The van der Waals surface area contributed by atoms with Gasteiger partial charge in [0.1, 0.15) is 11.6 Å². The van der Waals surface area contributed by atoms with Crippen molar-refractivity contribution >= 4 is 34.8 Å². The van der Waals surface area contributed by atoms with Crippen LogP contribution in [0.25, 0.3) is 11.0 Å². The van der Waals surface area contributed by atoms with E-state index in [2.05, 4.69) is 25.5 Å². The van der Waals surface area contributed by atoms with E-state index in [4.69, 9.17) is 4.42 Å². The van der Waals surface area contributed by atoms with E-state index in [1.807, 2.05) is 24.3 Å². The Labute approximate surface area is 160 Å². The van der Waals surface area contributed by atoms with Gasteiger partial charge in [0.2, 0.25) is 0 Å². The highest BCUT2D eigenvalue weighted by atomic mass is 32.2. The largest absolute Gasteiger partial charge is 0.448 e. The number of nitrogens with zero attached hydrogens (tertiary/aromatic N) is 3. The molecule has 0 saturated carbocycles. The fourth-order valence-electron chi connectivity index (χ4n) is 2.32. The molecular formula is C18H12F3N5OS. The van der Waals surface area contributed by atoms with E-state index in [1.165, 1.54) is 24.0 Å². The van der Waals surface area contributed by atoms with Crippen LogP contribution in [0.15, 0.2) is 74.5 Å². The van der Waals surface area contributed by atoms with Crippen molar-refractivity contribution in [3.05, 3.63) is 66.1 Å². The molecule has 0 aliphatic heterocycles. The molecule has 0 saturated heterocycles. The zero-order valence-electron chi connectivity index (χ0n) is 14.1. The van der Waals surface area contributed by atoms with Gasteiger partial charge < -0.3 is 9.40 Å². The molecule has 0 amide bonds. The number of hydrogen-bond acceptors (Lipinski definition) is 6. The number of furan rings is 1. The number of para-hydroxylation sites is 2. The number of pyridine rings is 1. The molecule has 3 aromatic heterocycles. The lowest BCUT2D eigenvalue weighted by Crippen LogP contribution is -2.05. The van der Waals surface area contributed by atoms with E-state index in [0.29, 0.717) is 16.0 Å². The second-order valence-corrected chi connectivity index (χ2v) is 6.61. The predicted molar refractivity (Wildman–Crippen MR) is 99.4 cm³/mol. The van der Waals surface area contributed by atoms with Crippen LogP contribution >= 0.6 is 11.8 Å². The van der Waals surface area contributed by atoms with Crippen molar-refractivity contribution in [3.8, 4) is 0 Å².